The van der Waals surface area contributed by atoms with Crippen molar-refractivity contribution in [1.29, 1.82) is 0 Å². The Morgan fingerprint density at radius 3 is 2.38 bits per heavy atom. The molecule has 0 amide bonds. The average molecular weight is 400 g/mol. The Hall–Kier alpha value is -2.67. The summed E-state index contributed by atoms with van der Waals surface area (Å²) in [5.74, 6) is -0.324. The summed E-state index contributed by atoms with van der Waals surface area (Å²) in [6, 6.07) is 9.84. The topological polar surface area (TPSA) is 91.5 Å². The van der Waals surface area contributed by atoms with Crippen LogP contribution in [0.5, 0.6) is 0 Å². The first-order valence-corrected chi connectivity index (χ1v) is 10.5. The number of nitrogen functional groups attached to an aromatic ring is 1. The highest BCUT2D eigenvalue weighted by atomic mass is 16.2. The number of carbonyl (C=O) groups is 1. The van der Waals surface area contributed by atoms with Gasteiger partial charge in [-0.1, -0.05) is 36.8 Å². The van der Waals surface area contributed by atoms with Gasteiger partial charge in [0.15, 0.2) is 0 Å². The maximum atomic E-state index is 13.1. The van der Waals surface area contributed by atoms with E-state index in [1.54, 1.807) is 6.92 Å². The van der Waals surface area contributed by atoms with E-state index in [1.807, 2.05) is 37.4 Å². The van der Waals surface area contributed by atoms with Gasteiger partial charge in [-0.3, -0.25) is 18.7 Å². The Kier molecular flexibility index (Phi) is 6.69. The molecule has 1 atom stereocenters. The number of anilines is 1. The highest BCUT2D eigenvalue weighted by molar-refractivity contribution is 6.00. The molecule has 0 saturated heterocycles. The first-order valence-electron chi connectivity index (χ1n) is 10.5. The molecular formula is C22H31N4O3+. The number of hydrogen-bond donors (Lipinski definition) is 2. The number of nitrogens with zero attached hydrogens (tertiary/aromatic N) is 2. The Balaban J connectivity index is 1.96. The summed E-state index contributed by atoms with van der Waals surface area (Å²) < 4.78 is 2.44. The number of ketones is 1. The van der Waals surface area contributed by atoms with Crippen LogP contribution in [0.1, 0.15) is 54.9 Å². The van der Waals surface area contributed by atoms with Gasteiger partial charge in [0.25, 0.3) is 5.56 Å². The predicted octanol–water partition coefficient (Wildman–Crippen LogP) is 0.691. The van der Waals surface area contributed by atoms with E-state index in [4.69, 9.17) is 5.73 Å². The maximum absolute atomic E-state index is 13.1. The van der Waals surface area contributed by atoms with Crippen LogP contribution in [0.25, 0.3) is 0 Å². The van der Waals surface area contributed by atoms with Crippen molar-refractivity contribution in [2.45, 2.75) is 58.2 Å². The molecule has 0 bridgehead atoms. The monoisotopic (exact) mass is 399 g/mol. The fraction of sp³-hybridized carbons (Fsp3) is 0.500. The van der Waals surface area contributed by atoms with Crippen LogP contribution in [0.4, 0.5) is 5.82 Å². The van der Waals surface area contributed by atoms with Crippen LogP contribution < -0.4 is 21.9 Å². The van der Waals surface area contributed by atoms with E-state index in [0.29, 0.717) is 6.04 Å². The predicted molar refractivity (Wildman–Crippen MR) is 114 cm³/mol. The third kappa shape index (κ3) is 4.50. The van der Waals surface area contributed by atoms with Crippen molar-refractivity contribution in [1.82, 2.24) is 9.13 Å². The molecule has 156 valence electrons. The number of carbonyl (C=O) groups excluding carboxylic acids is 1. The zero-order chi connectivity index (χ0) is 21.0. The second-order valence-electron chi connectivity index (χ2n) is 7.95. The van der Waals surface area contributed by atoms with Gasteiger partial charge in [-0.25, -0.2) is 4.79 Å². The van der Waals surface area contributed by atoms with E-state index < -0.39 is 11.2 Å². The number of likely N-dealkylation sites (N-methyl/N-ethyl adjacent to an activating group) is 1. The SMILES string of the molecule is CCn1c(=O)c(C(=O)C[NH+](C)C2CCCCC2)c(N)n(Cc2ccccc2)c1=O. The van der Waals surface area contributed by atoms with E-state index in [0.717, 1.165) is 27.9 Å². The summed E-state index contributed by atoms with van der Waals surface area (Å²) in [5.41, 5.74) is 5.99. The fourth-order valence-electron chi connectivity index (χ4n) is 4.26. The number of Topliss-reactive ketones (excluding diaryl/α,β-unsaturated/α-hetero) is 1. The van der Waals surface area contributed by atoms with Crippen LogP contribution in [0.2, 0.25) is 0 Å². The van der Waals surface area contributed by atoms with E-state index in [2.05, 4.69) is 0 Å². The summed E-state index contributed by atoms with van der Waals surface area (Å²) in [5, 5.41) is 0. The number of benzene rings is 1. The van der Waals surface area contributed by atoms with Gasteiger partial charge in [-0.05, 0) is 38.2 Å². The second kappa shape index (κ2) is 9.22. The Morgan fingerprint density at radius 2 is 1.76 bits per heavy atom. The highest BCUT2D eigenvalue weighted by Crippen LogP contribution is 2.15. The third-order valence-corrected chi connectivity index (χ3v) is 5.99. The van der Waals surface area contributed by atoms with Crippen LogP contribution in [0, 0.1) is 0 Å². The molecule has 1 unspecified atom stereocenters. The van der Waals surface area contributed by atoms with Crippen molar-refractivity contribution in [2.75, 3.05) is 19.3 Å². The molecule has 1 heterocycles. The third-order valence-electron chi connectivity index (χ3n) is 5.99. The molecule has 2 aromatic rings. The zero-order valence-corrected chi connectivity index (χ0v) is 17.3. The number of hydrogen-bond acceptors (Lipinski definition) is 4. The molecular weight excluding hydrogens is 368 g/mol. The molecule has 1 aromatic carbocycles. The summed E-state index contributed by atoms with van der Waals surface area (Å²) in [4.78, 5) is 39.9. The van der Waals surface area contributed by atoms with Crippen molar-refractivity contribution in [2.24, 2.45) is 0 Å². The van der Waals surface area contributed by atoms with Gasteiger partial charge in [0, 0.05) is 6.54 Å². The van der Waals surface area contributed by atoms with E-state index >= 15 is 0 Å². The largest absolute Gasteiger partial charge is 0.384 e. The van der Waals surface area contributed by atoms with Gasteiger partial charge >= 0.3 is 5.69 Å². The summed E-state index contributed by atoms with van der Waals surface area (Å²) >= 11 is 0. The summed E-state index contributed by atoms with van der Waals surface area (Å²) in [6.07, 6.45) is 5.81. The van der Waals surface area contributed by atoms with Gasteiger partial charge in [0.05, 0.1) is 19.6 Å². The van der Waals surface area contributed by atoms with Gasteiger partial charge in [-0.2, -0.15) is 0 Å². The lowest BCUT2D eigenvalue weighted by Gasteiger charge is -2.27. The van der Waals surface area contributed by atoms with Gasteiger partial charge < -0.3 is 10.6 Å². The normalized spacial score (nSPS) is 15.9. The summed E-state index contributed by atoms with van der Waals surface area (Å²) in [7, 11) is 2.00. The van der Waals surface area contributed by atoms with Crippen molar-refractivity contribution >= 4 is 11.6 Å². The first kappa shape index (κ1) is 21.0. The molecule has 7 heteroatoms. The van der Waals surface area contributed by atoms with Gasteiger partial charge in [0.1, 0.15) is 17.9 Å². The van der Waals surface area contributed by atoms with Crippen molar-refractivity contribution in [3.8, 4) is 0 Å². The number of rotatable bonds is 7. The minimum Gasteiger partial charge on any atom is -0.384 e. The number of quaternary nitrogens is 1. The Morgan fingerprint density at radius 1 is 1.10 bits per heavy atom. The molecule has 1 aliphatic carbocycles. The molecule has 1 aliphatic rings. The minimum absolute atomic E-state index is 0.0324. The number of nitrogens with one attached hydrogen (secondary N) is 1. The first-order chi connectivity index (χ1) is 13.9. The Bertz CT molecular complexity index is 972. The van der Waals surface area contributed by atoms with Crippen LogP contribution >= 0.6 is 0 Å². The van der Waals surface area contributed by atoms with Crippen molar-refractivity contribution < 1.29 is 9.69 Å². The molecule has 3 N–H and O–H groups in total. The number of nitrogens with two attached hydrogens (primary N) is 1. The Labute approximate surface area is 170 Å². The van der Waals surface area contributed by atoms with E-state index in [-0.39, 0.29) is 36.8 Å². The molecule has 1 saturated carbocycles. The fourth-order valence-corrected chi connectivity index (χ4v) is 4.26. The molecule has 0 spiro atoms. The molecule has 3 rings (SSSR count). The van der Waals surface area contributed by atoms with Gasteiger partial charge in [-0.15, -0.1) is 0 Å². The quantitative estimate of drug-likeness (QED) is 0.670. The molecule has 29 heavy (non-hydrogen) atoms. The molecule has 0 aliphatic heterocycles. The van der Waals surface area contributed by atoms with Gasteiger partial charge in [0.2, 0.25) is 5.78 Å². The van der Waals surface area contributed by atoms with Crippen molar-refractivity contribution in [3.05, 3.63) is 62.3 Å². The number of aromatic nitrogens is 2. The minimum atomic E-state index is -0.583. The highest BCUT2D eigenvalue weighted by Gasteiger charge is 2.28. The standard InChI is InChI=1S/C22H30N4O3/c1-3-25-21(28)19(18(27)15-24(2)17-12-8-5-9-13-17)20(23)26(22(25)29)14-16-10-6-4-7-11-16/h4,6-7,10-11,17H,3,5,8-9,12-15,23H2,1-2H3/p+1. The molecule has 0 radical (unpaired) electrons. The molecule has 1 fully saturated rings. The molecule has 1 aromatic heterocycles. The van der Waals surface area contributed by atoms with E-state index in [9.17, 15) is 14.4 Å². The second-order valence-corrected chi connectivity index (χ2v) is 7.95. The average Bonchev–Trinajstić information content (AvgIpc) is 2.73. The molecule has 7 nitrogen and oxygen atoms in total. The lowest BCUT2D eigenvalue weighted by Crippen LogP contribution is -3.14. The van der Waals surface area contributed by atoms with Crippen LogP contribution in [-0.2, 0) is 13.1 Å². The van der Waals surface area contributed by atoms with Crippen LogP contribution in [-0.4, -0.2) is 34.6 Å². The maximum Gasteiger partial charge on any atom is 0.332 e. The lowest BCUT2D eigenvalue weighted by molar-refractivity contribution is -0.898. The zero-order valence-electron chi connectivity index (χ0n) is 17.3. The van der Waals surface area contributed by atoms with Crippen LogP contribution in [0.3, 0.4) is 0 Å². The summed E-state index contributed by atoms with van der Waals surface area (Å²) in [6.45, 7) is 2.34. The van der Waals surface area contributed by atoms with E-state index in [1.165, 1.54) is 23.8 Å². The van der Waals surface area contributed by atoms with Crippen LogP contribution in [0.15, 0.2) is 39.9 Å². The smallest absolute Gasteiger partial charge is 0.332 e. The van der Waals surface area contributed by atoms with Crippen molar-refractivity contribution in [3.63, 3.8) is 0 Å². The lowest BCUT2D eigenvalue weighted by atomic mass is 9.94.